The van der Waals surface area contributed by atoms with Crippen molar-refractivity contribution < 1.29 is 35.9 Å². The fraction of sp³-hybridized carbons (Fsp3) is 0.462. The van der Waals surface area contributed by atoms with Crippen LogP contribution in [0.25, 0.3) is 0 Å². The summed E-state index contributed by atoms with van der Waals surface area (Å²) in [6, 6.07) is 10.3. The molecule has 0 heterocycles. The summed E-state index contributed by atoms with van der Waals surface area (Å²) in [7, 11) is 0. The van der Waals surface area contributed by atoms with Gasteiger partial charge < -0.3 is 9.59 Å². The van der Waals surface area contributed by atoms with Gasteiger partial charge in [-0.1, -0.05) is 62.1 Å². The number of hydrogen-bond acceptors (Lipinski definition) is 2. The summed E-state index contributed by atoms with van der Waals surface area (Å²) in [6.07, 6.45) is -0.873. The van der Waals surface area contributed by atoms with Crippen molar-refractivity contribution >= 4 is 12.6 Å². The lowest BCUT2D eigenvalue weighted by molar-refractivity contribution is -0.138. The number of rotatable bonds is 4. The summed E-state index contributed by atoms with van der Waals surface area (Å²) in [5.41, 5.74) is -1.74. The molecule has 0 atom stereocenters. The van der Waals surface area contributed by atoms with Crippen LogP contribution in [-0.4, -0.2) is 12.6 Å². The van der Waals surface area contributed by atoms with Crippen LogP contribution in [0.1, 0.15) is 73.6 Å². The number of carbonyl (C=O) groups is 2. The molecule has 8 heteroatoms. The first kappa shape index (κ1) is 26.0. The summed E-state index contributed by atoms with van der Waals surface area (Å²) in [4.78, 5) is 22.4. The minimum absolute atomic E-state index is 0.500. The molecule has 2 aliphatic carbocycles. The third-order valence-corrected chi connectivity index (χ3v) is 6.97. The van der Waals surface area contributed by atoms with Gasteiger partial charge in [-0.3, -0.25) is 0 Å². The SMILES string of the molecule is O=CC1(c2cccc(C(F)(F)F)c2)CCCC1.O=CC1(c2cccc(C(F)(F)F)c2)CCCC1. The summed E-state index contributed by atoms with van der Waals surface area (Å²) in [5.74, 6) is 0. The van der Waals surface area contributed by atoms with Crippen molar-refractivity contribution in [2.75, 3.05) is 0 Å². The van der Waals surface area contributed by atoms with Crippen LogP contribution in [0.5, 0.6) is 0 Å². The van der Waals surface area contributed by atoms with Gasteiger partial charge in [0, 0.05) is 0 Å². The summed E-state index contributed by atoms with van der Waals surface area (Å²) < 4.78 is 75.6. The lowest BCUT2D eigenvalue weighted by Crippen LogP contribution is -2.24. The third kappa shape index (κ3) is 5.53. The fourth-order valence-electron chi connectivity index (χ4n) is 4.97. The van der Waals surface area contributed by atoms with Crippen molar-refractivity contribution in [2.45, 2.75) is 74.5 Å². The molecule has 2 aromatic carbocycles. The number of aldehydes is 2. The molecule has 2 aliphatic rings. The van der Waals surface area contributed by atoms with Crippen LogP contribution < -0.4 is 0 Å². The molecular weight excluding hydrogens is 458 g/mol. The Kier molecular flexibility index (Phi) is 7.58. The van der Waals surface area contributed by atoms with Gasteiger partial charge in [-0.15, -0.1) is 0 Å². The van der Waals surface area contributed by atoms with E-state index in [0.29, 0.717) is 36.8 Å². The van der Waals surface area contributed by atoms with E-state index in [0.717, 1.165) is 62.5 Å². The molecule has 0 bridgehead atoms. The molecule has 0 spiro atoms. The second-order valence-corrected chi connectivity index (χ2v) is 9.12. The largest absolute Gasteiger partial charge is 0.416 e. The lowest BCUT2D eigenvalue weighted by atomic mass is 9.80. The Hall–Kier alpha value is -2.64. The fourth-order valence-corrected chi connectivity index (χ4v) is 4.97. The topological polar surface area (TPSA) is 34.1 Å². The highest BCUT2D eigenvalue weighted by Gasteiger charge is 2.39. The van der Waals surface area contributed by atoms with Crippen LogP contribution in [0.15, 0.2) is 48.5 Å². The van der Waals surface area contributed by atoms with Crippen molar-refractivity contribution in [2.24, 2.45) is 0 Å². The zero-order valence-corrected chi connectivity index (χ0v) is 18.5. The molecule has 2 nitrogen and oxygen atoms in total. The van der Waals surface area contributed by atoms with Gasteiger partial charge in [0.2, 0.25) is 0 Å². The van der Waals surface area contributed by atoms with Gasteiger partial charge in [0.1, 0.15) is 12.6 Å². The maximum absolute atomic E-state index is 12.6. The van der Waals surface area contributed by atoms with Crippen LogP contribution in [0.4, 0.5) is 26.3 Å². The van der Waals surface area contributed by atoms with Gasteiger partial charge in [-0.25, -0.2) is 0 Å². The van der Waals surface area contributed by atoms with Gasteiger partial charge in [0.05, 0.1) is 22.0 Å². The number of halogens is 6. The molecule has 184 valence electrons. The highest BCUT2D eigenvalue weighted by Crippen LogP contribution is 2.42. The Labute approximate surface area is 194 Å². The van der Waals surface area contributed by atoms with Crippen molar-refractivity contribution in [3.05, 3.63) is 70.8 Å². The second-order valence-electron chi connectivity index (χ2n) is 9.12. The molecule has 2 saturated carbocycles. The molecule has 0 aromatic heterocycles. The van der Waals surface area contributed by atoms with E-state index in [9.17, 15) is 35.9 Å². The smallest absolute Gasteiger partial charge is 0.302 e. The lowest BCUT2D eigenvalue weighted by Gasteiger charge is -2.23. The number of carbonyl (C=O) groups excluding carboxylic acids is 2. The van der Waals surface area contributed by atoms with E-state index < -0.39 is 34.3 Å². The second kappa shape index (κ2) is 9.92. The molecule has 34 heavy (non-hydrogen) atoms. The van der Waals surface area contributed by atoms with Gasteiger partial charge >= 0.3 is 12.4 Å². The average Bonchev–Trinajstić information content (AvgIpc) is 3.50. The van der Waals surface area contributed by atoms with Crippen LogP contribution in [-0.2, 0) is 32.8 Å². The highest BCUT2D eigenvalue weighted by molar-refractivity contribution is 5.70. The summed E-state index contributed by atoms with van der Waals surface area (Å²) in [5, 5.41) is 0. The molecule has 2 aromatic rings. The van der Waals surface area contributed by atoms with Crippen LogP contribution >= 0.6 is 0 Å². The number of alkyl halides is 6. The average molecular weight is 484 g/mol. The van der Waals surface area contributed by atoms with Gasteiger partial charge in [0.25, 0.3) is 0 Å². The van der Waals surface area contributed by atoms with Crippen molar-refractivity contribution in [3.8, 4) is 0 Å². The maximum atomic E-state index is 12.6. The van der Waals surface area contributed by atoms with Crippen LogP contribution in [0.2, 0.25) is 0 Å². The standard InChI is InChI=1S/2C13H13F3O/c2*14-13(15,16)11-5-3-4-10(8-11)12(9-17)6-1-2-7-12/h2*3-5,8-9H,1-2,6-7H2. The van der Waals surface area contributed by atoms with E-state index in [1.54, 1.807) is 12.1 Å². The Morgan fingerprint density at radius 3 is 1.18 bits per heavy atom. The summed E-state index contributed by atoms with van der Waals surface area (Å²) >= 11 is 0. The zero-order valence-electron chi connectivity index (χ0n) is 18.5. The van der Waals surface area contributed by atoms with E-state index >= 15 is 0 Å². The zero-order chi connectivity index (χ0) is 25.0. The number of benzene rings is 2. The molecule has 0 radical (unpaired) electrons. The molecule has 0 saturated heterocycles. The van der Waals surface area contributed by atoms with Gasteiger partial charge in [-0.05, 0) is 48.9 Å². The van der Waals surface area contributed by atoms with E-state index in [2.05, 4.69) is 0 Å². The monoisotopic (exact) mass is 484 g/mol. The molecule has 0 unspecified atom stereocenters. The molecule has 4 rings (SSSR count). The van der Waals surface area contributed by atoms with E-state index in [-0.39, 0.29) is 0 Å². The highest BCUT2D eigenvalue weighted by atomic mass is 19.4. The van der Waals surface area contributed by atoms with E-state index in [1.807, 2.05) is 0 Å². The predicted octanol–water partition coefficient (Wildman–Crippen LogP) is 7.43. The minimum Gasteiger partial charge on any atom is -0.302 e. The Morgan fingerprint density at radius 1 is 0.588 bits per heavy atom. The van der Waals surface area contributed by atoms with E-state index in [1.165, 1.54) is 12.1 Å². The molecule has 0 N–H and O–H groups in total. The first-order valence-electron chi connectivity index (χ1n) is 11.2. The maximum Gasteiger partial charge on any atom is 0.416 e. The van der Waals surface area contributed by atoms with Crippen molar-refractivity contribution in [3.63, 3.8) is 0 Å². The van der Waals surface area contributed by atoms with Gasteiger partial charge in [-0.2, -0.15) is 26.3 Å². The normalized spacial score (nSPS) is 19.2. The molecule has 0 aliphatic heterocycles. The van der Waals surface area contributed by atoms with Gasteiger partial charge in [0.15, 0.2) is 0 Å². The Balaban J connectivity index is 0.000000191. The van der Waals surface area contributed by atoms with Crippen molar-refractivity contribution in [1.29, 1.82) is 0 Å². The number of hydrogen-bond donors (Lipinski definition) is 0. The predicted molar refractivity (Wildman–Crippen MR) is 115 cm³/mol. The molecule has 0 amide bonds. The third-order valence-electron chi connectivity index (χ3n) is 6.97. The van der Waals surface area contributed by atoms with Crippen LogP contribution in [0, 0.1) is 0 Å². The Bertz CT molecular complexity index is 915. The molecular formula is C26H26F6O2. The minimum atomic E-state index is -4.35. The quantitative estimate of drug-likeness (QED) is 0.334. The van der Waals surface area contributed by atoms with Crippen LogP contribution in [0.3, 0.4) is 0 Å². The first-order chi connectivity index (χ1) is 16.0. The molecule has 2 fully saturated rings. The first-order valence-corrected chi connectivity index (χ1v) is 11.2. The van der Waals surface area contributed by atoms with E-state index in [4.69, 9.17) is 0 Å². The Morgan fingerprint density at radius 2 is 0.912 bits per heavy atom. The van der Waals surface area contributed by atoms with Crippen molar-refractivity contribution in [1.82, 2.24) is 0 Å². The summed E-state index contributed by atoms with van der Waals surface area (Å²) in [6.45, 7) is 0.